The van der Waals surface area contributed by atoms with Crippen LogP contribution in [0.5, 0.6) is 0 Å². The Bertz CT molecular complexity index is 421. The summed E-state index contributed by atoms with van der Waals surface area (Å²) in [7, 11) is 0. The fourth-order valence-electron chi connectivity index (χ4n) is 3.72. The van der Waals surface area contributed by atoms with Gasteiger partial charge in [0, 0.05) is 18.8 Å². The van der Waals surface area contributed by atoms with Crippen LogP contribution in [0.2, 0.25) is 0 Å². The zero-order valence-electron chi connectivity index (χ0n) is 17.7. The molecule has 0 saturated heterocycles. The largest absolute Gasteiger partial charge is 0.371 e. The van der Waals surface area contributed by atoms with Crippen molar-refractivity contribution in [1.29, 1.82) is 0 Å². The predicted molar refractivity (Wildman–Crippen MR) is 115 cm³/mol. The maximum Gasteiger partial charge on any atom is 0.0369 e. The Morgan fingerprint density at radius 1 is 0.800 bits per heavy atom. The third-order valence-electron chi connectivity index (χ3n) is 5.73. The molecule has 0 heterocycles. The zero-order chi connectivity index (χ0) is 18.5. The average Bonchev–Trinajstić information content (AvgIpc) is 2.66. The van der Waals surface area contributed by atoms with Crippen molar-refractivity contribution in [2.24, 2.45) is 11.8 Å². The highest BCUT2D eigenvalue weighted by Crippen LogP contribution is 2.25. The molecule has 1 nitrogen and oxygen atoms in total. The van der Waals surface area contributed by atoms with Crippen molar-refractivity contribution in [2.75, 3.05) is 18.0 Å². The first-order valence-corrected chi connectivity index (χ1v) is 11.0. The van der Waals surface area contributed by atoms with E-state index in [-0.39, 0.29) is 0 Å². The highest BCUT2D eigenvalue weighted by atomic mass is 15.1. The Morgan fingerprint density at radius 2 is 1.36 bits per heavy atom. The lowest BCUT2D eigenvalue weighted by Gasteiger charge is -2.33. The van der Waals surface area contributed by atoms with E-state index in [1.54, 1.807) is 0 Å². The van der Waals surface area contributed by atoms with Crippen LogP contribution in [-0.2, 0) is 6.42 Å². The molecule has 0 N–H and O–H groups in total. The maximum atomic E-state index is 2.72. The van der Waals surface area contributed by atoms with Crippen molar-refractivity contribution in [1.82, 2.24) is 0 Å². The van der Waals surface area contributed by atoms with Gasteiger partial charge in [-0.25, -0.2) is 0 Å². The number of hydrogen-bond donors (Lipinski definition) is 0. The molecule has 25 heavy (non-hydrogen) atoms. The van der Waals surface area contributed by atoms with Crippen LogP contribution in [0.25, 0.3) is 0 Å². The van der Waals surface area contributed by atoms with E-state index in [2.05, 4.69) is 63.8 Å². The van der Waals surface area contributed by atoms with Crippen molar-refractivity contribution >= 4 is 5.69 Å². The molecule has 0 radical (unpaired) electrons. The summed E-state index contributed by atoms with van der Waals surface area (Å²) in [5.41, 5.74) is 2.91. The van der Waals surface area contributed by atoms with Crippen molar-refractivity contribution in [3.63, 3.8) is 0 Å². The van der Waals surface area contributed by atoms with Gasteiger partial charge >= 0.3 is 0 Å². The van der Waals surface area contributed by atoms with Crippen molar-refractivity contribution in [3.05, 3.63) is 29.8 Å². The summed E-state index contributed by atoms with van der Waals surface area (Å²) in [6, 6.07) is 9.28. The first kappa shape index (κ1) is 22.1. The van der Waals surface area contributed by atoms with Gasteiger partial charge < -0.3 is 4.90 Å². The number of benzene rings is 1. The maximum absolute atomic E-state index is 2.72. The van der Waals surface area contributed by atoms with Gasteiger partial charge in [-0.15, -0.1) is 0 Å². The van der Waals surface area contributed by atoms with Crippen LogP contribution in [0.4, 0.5) is 5.69 Å². The van der Waals surface area contributed by atoms with Crippen LogP contribution in [0.3, 0.4) is 0 Å². The van der Waals surface area contributed by atoms with Crippen LogP contribution in [0, 0.1) is 11.8 Å². The Labute approximate surface area is 158 Å². The molecule has 0 aliphatic carbocycles. The van der Waals surface area contributed by atoms with Gasteiger partial charge in [-0.1, -0.05) is 85.3 Å². The second-order valence-electron chi connectivity index (χ2n) is 7.76. The van der Waals surface area contributed by atoms with Crippen molar-refractivity contribution in [3.8, 4) is 0 Å². The van der Waals surface area contributed by atoms with E-state index >= 15 is 0 Å². The fraction of sp³-hybridized carbons (Fsp3) is 0.750. The van der Waals surface area contributed by atoms with Gasteiger partial charge in [0.1, 0.15) is 0 Å². The third kappa shape index (κ3) is 8.29. The third-order valence-corrected chi connectivity index (χ3v) is 5.73. The molecule has 2 unspecified atom stereocenters. The van der Waals surface area contributed by atoms with E-state index in [0.717, 1.165) is 18.3 Å². The standard InChI is InChI=1S/C24H43N/c1-6-11-14-22(9-4)19-25(20-23(10-5)15-12-7-2)24-17-13-16-21(8-3)18-24/h13,16-18,22-23H,6-12,14-15,19-20H2,1-5H3. The molecule has 0 bridgehead atoms. The van der Waals surface area contributed by atoms with Crippen LogP contribution in [-0.4, -0.2) is 13.1 Å². The van der Waals surface area contributed by atoms with Gasteiger partial charge in [0.25, 0.3) is 0 Å². The van der Waals surface area contributed by atoms with Gasteiger partial charge in [-0.05, 0) is 48.8 Å². The second kappa shape index (κ2) is 13.3. The van der Waals surface area contributed by atoms with Gasteiger partial charge in [-0.2, -0.15) is 0 Å². The first-order valence-electron chi connectivity index (χ1n) is 11.0. The molecule has 0 aliphatic rings. The monoisotopic (exact) mass is 345 g/mol. The molecule has 2 atom stereocenters. The van der Waals surface area contributed by atoms with E-state index in [9.17, 15) is 0 Å². The molecule has 0 amide bonds. The second-order valence-corrected chi connectivity index (χ2v) is 7.76. The van der Waals surface area contributed by atoms with Crippen LogP contribution >= 0.6 is 0 Å². The molecule has 144 valence electrons. The molecule has 1 aromatic rings. The summed E-state index contributed by atoms with van der Waals surface area (Å²) in [5.74, 6) is 1.66. The summed E-state index contributed by atoms with van der Waals surface area (Å²) >= 11 is 0. The van der Waals surface area contributed by atoms with E-state index < -0.39 is 0 Å². The first-order chi connectivity index (χ1) is 12.2. The lowest BCUT2D eigenvalue weighted by Crippen LogP contribution is -2.34. The molecule has 1 heteroatoms. The SMILES string of the molecule is CCCCC(CC)CN(CC(CC)CCCC)c1cccc(CC)c1. The minimum Gasteiger partial charge on any atom is -0.371 e. The predicted octanol–water partition coefficient (Wildman–Crippen LogP) is 7.49. The average molecular weight is 346 g/mol. The van der Waals surface area contributed by atoms with Gasteiger partial charge in [-0.3, -0.25) is 0 Å². The Balaban J connectivity index is 2.90. The fourth-order valence-corrected chi connectivity index (χ4v) is 3.72. The summed E-state index contributed by atoms with van der Waals surface area (Å²) in [5, 5.41) is 0. The number of rotatable bonds is 14. The highest BCUT2D eigenvalue weighted by Gasteiger charge is 2.17. The van der Waals surface area contributed by atoms with E-state index in [0.29, 0.717) is 0 Å². The molecule has 1 rings (SSSR count). The lowest BCUT2D eigenvalue weighted by atomic mass is 9.95. The van der Waals surface area contributed by atoms with Crippen molar-refractivity contribution in [2.45, 2.75) is 92.4 Å². The molecule has 0 aliphatic heterocycles. The van der Waals surface area contributed by atoms with Crippen molar-refractivity contribution < 1.29 is 0 Å². The quantitative estimate of drug-likeness (QED) is 0.337. The highest BCUT2D eigenvalue weighted by molar-refractivity contribution is 5.48. The van der Waals surface area contributed by atoms with Gasteiger partial charge in [0.15, 0.2) is 0 Å². The number of nitrogens with zero attached hydrogens (tertiary/aromatic N) is 1. The zero-order valence-corrected chi connectivity index (χ0v) is 17.7. The molecule has 0 fully saturated rings. The molecule has 1 aromatic carbocycles. The summed E-state index contributed by atoms with van der Waals surface area (Å²) in [4.78, 5) is 2.72. The molecule has 0 aromatic heterocycles. The van der Waals surface area contributed by atoms with E-state index in [4.69, 9.17) is 0 Å². The Hall–Kier alpha value is -0.980. The smallest absolute Gasteiger partial charge is 0.0369 e. The normalized spacial score (nSPS) is 13.6. The van der Waals surface area contributed by atoms with E-state index in [1.807, 2.05) is 0 Å². The van der Waals surface area contributed by atoms with Gasteiger partial charge in [0.2, 0.25) is 0 Å². The molecule has 0 spiro atoms. The molecular formula is C24H43N. The van der Waals surface area contributed by atoms with Crippen LogP contribution in [0.1, 0.15) is 91.5 Å². The summed E-state index contributed by atoms with van der Waals surface area (Å²) in [6.07, 6.45) is 11.9. The number of unbranched alkanes of at least 4 members (excludes halogenated alkanes) is 2. The number of anilines is 1. The minimum absolute atomic E-state index is 0.828. The molecule has 0 saturated carbocycles. The lowest BCUT2D eigenvalue weighted by molar-refractivity contribution is 0.403. The summed E-state index contributed by atoms with van der Waals surface area (Å²) < 4.78 is 0. The number of aryl methyl sites for hydroxylation is 1. The van der Waals surface area contributed by atoms with E-state index in [1.165, 1.54) is 75.7 Å². The van der Waals surface area contributed by atoms with Crippen LogP contribution in [0.15, 0.2) is 24.3 Å². The Kier molecular flexibility index (Phi) is 11.7. The topological polar surface area (TPSA) is 3.24 Å². The summed E-state index contributed by atoms with van der Waals surface area (Å²) in [6.45, 7) is 14.1. The minimum atomic E-state index is 0.828. The van der Waals surface area contributed by atoms with Crippen LogP contribution < -0.4 is 4.90 Å². The Morgan fingerprint density at radius 3 is 1.80 bits per heavy atom. The van der Waals surface area contributed by atoms with Gasteiger partial charge in [0.05, 0.1) is 0 Å². The molecular weight excluding hydrogens is 302 g/mol. The number of hydrogen-bond acceptors (Lipinski definition) is 1.